The van der Waals surface area contributed by atoms with E-state index in [1.54, 1.807) is 6.07 Å². The molecule has 1 aromatic carbocycles. The molecule has 1 amide bonds. The first-order chi connectivity index (χ1) is 6.13. The Kier molecular flexibility index (Phi) is 3.39. The number of alkyl halides is 1. The van der Waals surface area contributed by atoms with Gasteiger partial charge in [-0.15, -0.1) is 11.6 Å². The second kappa shape index (κ2) is 4.35. The molecule has 1 rings (SSSR count). The average Bonchev–Trinajstić information content (AvgIpc) is 2.09. The molecule has 0 unspecified atom stereocenters. The van der Waals surface area contributed by atoms with Gasteiger partial charge in [-0.25, -0.2) is 0 Å². The summed E-state index contributed by atoms with van der Waals surface area (Å²) in [7, 11) is 0. The van der Waals surface area contributed by atoms with Crippen LogP contribution in [0.5, 0.6) is 5.75 Å². The Labute approximate surface area is 85.3 Å². The molecule has 2 N–H and O–H groups in total. The van der Waals surface area contributed by atoms with Crippen LogP contribution in [0.1, 0.15) is 0 Å². The summed E-state index contributed by atoms with van der Waals surface area (Å²) >= 11 is 10.9. The third-order valence-electron chi connectivity index (χ3n) is 1.36. The second-order valence-electron chi connectivity index (χ2n) is 2.34. The number of amides is 1. The first kappa shape index (κ1) is 10.2. The predicted molar refractivity (Wildman–Crippen MR) is 52.5 cm³/mol. The molecule has 0 bridgehead atoms. The second-order valence-corrected chi connectivity index (χ2v) is 3.05. The first-order valence-electron chi connectivity index (χ1n) is 3.48. The molecule has 0 spiro atoms. The van der Waals surface area contributed by atoms with E-state index in [4.69, 9.17) is 23.2 Å². The Hall–Kier alpha value is -0.930. The van der Waals surface area contributed by atoms with Gasteiger partial charge in [0, 0.05) is 11.1 Å². The van der Waals surface area contributed by atoms with Crippen LogP contribution in [0.25, 0.3) is 0 Å². The predicted octanol–water partition coefficient (Wildman–Crippen LogP) is 2.22. The lowest BCUT2D eigenvalue weighted by Crippen LogP contribution is -2.12. The van der Waals surface area contributed by atoms with Crippen LogP contribution in [-0.2, 0) is 4.79 Å². The van der Waals surface area contributed by atoms with Crippen molar-refractivity contribution in [3.63, 3.8) is 0 Å². The van der Waals surface area contributed by atoms with Crippen molar-refractivity contribution in [2.75, 3.05) is 11.2 Å². The molecule has 0 aliphatic rings. The van der Waals surface area contributed by atoms with E-state index in [0.717, 1.165) is 0 Å². The first-order valence-corrected chi connectivity index (χ1v) is 4.39. The lowest BCUT2D eigenvalue weighted by Gasteiger charge is -2.05. The zero-order valence-corrected chi connectivity index (χ0v) is 8.06. The van der Waals surface area contributed by atoms with Crippen molar-refractivity contribution >= 4 is 34.8 Å². The molecule has 0 saturated heterocycles. The molecule has 0 aromatic heterocycles. The van der Waals surface area contributed by atoms with E-state index in [-0.39, 0.29) is 17.5 Å². The molecule has 0 radical (unpaired) electrons. The highest BCUT2D eigenvalue weighted by atomic mass is 35.5. The van der Waals surface area contributed by atoms with E-state index in [9.17, 15) is 9.90 Å². The van der Waals surface area contributed by atoms with Crippen LogP contribution in [0.4, 0.5) is 5.69 Å². The highest BCUT2D eigenvalue weighted by Gasteiger charge is 2.04. The van der Waals surface area contributed by atoms with Crippen LogP contribution in [0.2, 0.25) is 5.02 Å². The molecule has 5 heteroatoms. The molecule has 0 heterocycles. The number of carbonyl (C=O) groups excluding carboxylic acids is 1. The van der Waals surface area contributed by atoms with Gasteiger partial charge in [0.05, 0.1) is 5.69 Å². The quantitative estimate of drug-likeness (QED) is 0.593. The van der Waals surface area contributed by atoms with Crippen LogP contribution in [-0.4, -0.2) is 16.9 Å². The summed E-state index contributed by atoms with van der Waals surface area (Å²) < 4.78 is 0. The summed E-state index contributed by atoms with van der Waals surface area (Å²) in [6, 6.07) is 4.40. The Morgan fingerprint density at radius 1 is 1.54 bits per heavy atom. The number of phenolic OH excluding ortho intramolecular Hbond substituents is 1. The Morgan fingerprint density at radius 2 is 2.23 bits per heavy atom. The maximum absolute atomic E-state index is 10.8. The molecule has 0 aliphatic carbocycles. The Bertz CT molecular complexity index is 328. The molecular weight excluding hydrogens is 213 g/mol. The average molecular weight is 220 g/mol. The summed E-state index contributed by atoms with van der Waals surface area (Å²) in [6.45, 7) is 0. The highest BCUT2D eigenvalue weighted by Crippen LogP contribution is 2.26. The summed E-state index contributed by atoms with van der Waals surface area (Å²) in [6.07, 6.45) is 0. The molecule has 0 aliphatic heterocycles. The number of benzene rings is 1. The van der Waals surface area contributed by atoms with Crippen molar-refractivity contribution < 1.29 is 9.90 Å². The van der Waals surface area contributed by atoms with E-state index in [1.165, 1.54) is 12.1 Å². The fraction of sp³-hybridized carbons (Fsp3) is 0.125. The van der Waals surface area contributed by atoms with Gasteiger partial charge in [0.2, 0.25) is 5.91 Å². The third-order valence-corrected chi connectivity index (χ3v) is 1.83. The van der Waals surface area contributed by atoms with Gasteiger partial charge < -0.3 is 10.4 Å². The number of anilines is 1. The van der Waals surface area contributed by atoms with Crippen LogP contribution < -0.4 is 5.32 Å². The number of phenols is 1. The van der Waals surface area contributed by atoms with E-state index in [0.29, 0.717) is 10.7 Å². The van der Waals surface area contributed by atoms with Crippen molar-refractivity contribution in [2.45, 2.75) is 0 Å². The molecule has 0 saturated carbocycles. The van der Waals surface area contributed by atoms with Crippen molar-refractivity contribution in [3.8, 4) is 5.75 Å². The molecule has 0 atom stereocenters. The van der Waals surface area contributed by atoms with Gasteiger partial charge in [0.15, 0.2) is 0 Å². The lowest BCUT2D eigenvalue weighted by atomic mass is 10.3. The van der Waals surface area contributed by atoms with Crippen molar-refractivity contribution in [3.05, 3.63) is 23.2 Å². The number of aromatic hydroxyl groups is 1. The summed E-state index contributed by atoms with van der Waals surface area (Å²) in [5, 5.41) is 12.1. The van der Waals surface area contributed by atoms with E-state index < -0.39 is 0 Å². The third kappa shape index (κ3) is 2.79. The van der Waals surface area contributed by atoms with Gasteiger partial charge in [0.25, 0.3) is 0 Å². The molecule has 1 aromatic rings. The maximum atomic E-state index is 10.8. The SMILES string of the molecule is O=C(CCl)Nc1ccc(Cl)cc1O. The number of hydrogen-bond donors (Lipinski definition) is 2. The van der Waals surface area contributed by atoms with Gasteiger partial charge in [-0.05, 0) is 12.1 Å². The van der Waals surface area contributed by atoms with E-state index in [2.05, 4.69) is 5.32 Å². The summed E-state index contributed by atoms with van der Waals surface area (Å²) in [5.74, 6) is -0.604. The number of rotatable bonds is 2. The molecular formula is C8H7Cl2NO2. The lowest BCUT2D eigenvalue weighted by molar-refractivity contribution is -0.113. The van der Waals surface area contributed by atoms with Gasteiger partial charge in [-0.1, -0.05) is 11.6 Å². The van der Waals surface area contributed by atoms with Crippen molar-refractivity contribution in [1.29, 1.82) is 0 Å². The summed E-state index contributed by atoms with van der Waals surface area (Å²) in [5.41, 5.74) is 0.301. The number of nitrogens with one attached hydrogen (secondary N) is 1. The summed E-state index contributed by atoms with van der Waals surface area (Å²) in [4.78, 5) is 10.8. The van der Waals surface area contributed by atoms with Crippen molar-refractivity contribution in [1.82, 2.24) is 0 Å². The number of halogens is 2. The van der Waals surface area contributed by atoms with Crippen LogP contribution in [0, 0.1) is 0 Å². The minimum Gasteiger partial charge on any atom is -0.506 e. The standard InChI is InChI=1S/C8H7Cl2NO2/c9-4-8(13)11-6-2-1-5(10)3-7(6)12/h1-3,12H,4H2,(H,11,13). The Morgan fingerprint density at radius 3 is 2.77 bits per heavy atom. The van der Waals surface area contributed by atoms with Crippen LogP contribution in [0.15, 0.2) is 18.2 Å². The molecule has 13 heavy (non-hydrogen) atoms. The monoisotopic (exact) mass is 219 g/mol. The molecule has 70 valence electrons. The van der Waals surface area contributed by atoms with Gasteiger partial charge in [-0.2, -0.15) is 0 Å². The normalized spacial score (nSPS) is 9.69. The van der Waals surface area contributed by atoms with E-state index >= 15 is 0 Å². The van der Waals surface area contributed by atoms with Crippen molar-refractivity contribution in [2.24, 2.45) is 0 Å². The largest absolute Gasteiger partial charge is 0.506 e. The number of carbonyl (C=O) groups is 1. The molecule has 0 fully saturated rings. The number of hydrogen-bond acceptors (Lipinski definition) is 2. The zero-order chi connectivity index (χ0) is 9.84. The fourth-order valence-electron chi connectivity index (χ4n) is 0.794. The fourth-order valence-corrected chi connectivity index (χ4v) is 1.03. The van der Waals surface area contributed by atoms with Crippen LogP contribution >= 0.6 is 23.2 Å². The zero-order valence-electron chi connectivity index (χ0n) is 6.55. The van der Waals surface area contributed by atoms with Gasteiger partial charge in [0.1, 0.15) is 11.6 Å². The minimum absolute atomic E-state index is 0.0778. The topological polar surface area (TPSA) is 49.3 Å². The van der Waals surface area contributed by atoms with Gasteiger partial charge >= 0.3 is 0 Å². The van der Waals surface area contributed by atoms with Gasteiger partial charge in [-0.3, -0.25) is 4.79 Å². The van der Waals surface area contributed by atoms with E-state index in [1.807, 2.05) is 0 Å². The maximum Gasteiger partial charge on any atom is 0.239 e. The minimum atomic E-state index is -0.376. The van der Waals surface area contributed by atoms with Crippen LogP contribution in [0.3, 0.4) is 0 Å². The smallest absolute Gasteiger partial charge is 0.239 e. The Balaban J connectivity index is 2.83. The highest BCUT2D eigenvalue weighted by molar-refractivity contribution is 6.31. The molecule has 3 nitrogen and oxygen atoms in total.